The van der Waals surface area contributed by atoms with Gasteiger partial charge in [-0.15, -0.1) is 10.2 Å². The second kappa shape index (κ2) is 10.3. The van der Waals surface area contributed by atoms with Crippen molar-refractivity contribution >= 4 is 34.0 Å². The Bertz CT molecular complexity index is 942. The summed E-state index contributed by atoms with van der Waals surface area (Å²) in [5, 5.41) is 14.9. The third-order valence-corrected chi connectivity index (χ3v) is 4.88. The van der Waals surface area contributed by atoms with Crippen LogP contribution in [0.1, 0.15) is 35.1 Å². The van der Waals surface area contributed by atoms with Gasteiger partial charge in [-0.2, -0.15) is 0 Å². The van der Waals surface area contributed by atoms with Gasteiger partial charge in [0.2, 0.25) is 11.0 Å². The molecule has 0 saturated carbocycles. The van der Waals surface area contributed by atoms with Gasteiger partial charge in [0.25, 0.3) is 5.91 Å². The number of para-hydroxylation sites is 1. The summed E-state index contributed by atoms with van der Waals surface area (Å²) in [7, 11) is 0. The molecule has 0 fully saturated rings. The minimum absolute atomic E-state index is 0.0715. The summed E-state index contributed by atoms with van der Waals surface area (Å²) in [6.45, 7) is 2.37. The minimum atomic E-state index is -0.270. The lowest BCUT2D eigenvalue weighted by atomic mass is 10.2. The molecule has 29 heavy (non-hydrogen) atoms. The molecule has 1 aromatic heterocycles. The number of rotatable bonds is 9. The van der Waals surface area contributed by atoms with Crippen molar-refractivity contribution in [2.75, 3.05) is 17.2 Å². The first-order chi connectivity index (χ1) is 14.1. The second-order valence-electron chi connectivity index (χ2n) is 6.20. The molecule has 7 nitrogen and oxygen atoms in total. The lowest BCUT2D eigenvalue weighted by molar-refractivity contribution is -0.115. The molecular formula is C21H22N4O3S. The first-order valence-electron chi connectivity index (χ1n) is 9.35. The molecule has 0 aliphatic heterocycles. The third-order valence-electron chi connectivity index (χ3n) is 3.99. The standard InChI is InChI=1S/C21H22N4O3S/c1-2-18(26)22-16-12-10-15(11-13-16)20(27)23-21-25-24-19(29-21)9-6-14-28-17-7-4-3-5-8-17/h3-5,7-8,10-13H,2,6,9,14H2,1H3,(H,22,26)(H,23,25,27). The second-order valence-corrected chi connectivity index (χ2v) is 7.26. The molecule has 0 bridgehead atoms. The molecular weight excluding hydrogens is 388 g/mol. The van der Waals surface area contributed by atoms with Gasteiger partial charge < -0.3 is 10.1 Å². The van der Waals surface area contributed by atoms with Gasteiger partial charge >= 0.3 is 0 Å². The first-order valence-corrected chi connectivity index (χ1v) is 10.2. The molecule has 3 rings (SSSR count). The van der Waals surface area contributed by atoms with Gasteiger partial charge in [0.1, 0.15) is 10.8 Å². The molecule has 150 valence electrons. The van der Waals surface area contributed by atoms with Crippen LogP contribution in [0.4, 0.5) is 10.8 Å². The fourth-order valence-electron chi connectivity index (χ4n) is 2.46. The van der Waals surface area contributed by atoms with Crippen LogP contribution in [0.15, 0.2) is 54.6 Å². The summed E-state index contributed by atoms with van der Waals surface area (Å²) in [6, 6.07) is 16.4. The number of amides is 2. The Balaban J connectivity index is 1.45. The minimum Gasteiger partial charge on any atom is -0.494 e. The molecule has 3 aromatic rings. The van der Waals surface area contributed by atoms with Gasteiger partial charge in [0, 0.05) is 24.1 Å². The van der Waals surface area contributed by atoms with Crippen LogP contribution in [0.5, 0.6) is 5.75 Å². The number of nitrogens with one attached hydrogen (secondary N) is 2. The number of benzene rings is 2. The van der Waals surface area contributed by atoms with E-state index in [-0.39, 0.29) is 11.8 Å². The van der Waals surface area contributed by atoms with E-state index in [0.29, 0.717) is 29.4 Å². The number of hydrogen-bond donors (Lipinski definition) is 2. The van der Waals surface area contributed by atoms with Crippen molar-refractivity contribution in [3.05, 3.63) is 65.2 Å². The van der Waals surface area contributed by atoms with E-state index < -0.39 is 0 Å². The Morgan fingerprint density at radius 3 is 2.48 bits per heavy atom. The lowest BCUT2D eigenvalue weighted by Crippen LogP contribution is -2.12. The molecule has 0 radical (unpaired) electrons. The average molecular weight is 410 g/mol. The first kappa shape index (κ1) is 20.5. The van der Waals surface area contributed by atoms with Crippen molar-refractivity contribution in [1.82, 2.24) is 10.2 Å². The fraction of sp³-hybridized carbons (Fsp3) is 0.238. The highest BCUT2D eigenvalue weighted by Gasteiger charge is 2.11. The van der Waals surface area contributed by atoms with Crippen molar-refractivity contribution in [1.29, 1.82) is 0 Å². The Morgan fingerprint density at radius 1 is 1.00 bits per heavy atom. The number of anilines is 2. The molecule has 2 aromatic carbocycles. The molecule has 0 saturated heterocycles. The van der Waals surface area contributed by atoms with Gasteiger partial charge in [-0.3, -0.25) is 14.9 Å². The number of ether oxygens (including phenoxy) is 1. The maximum absolute atomic E-state index is 12.4. The highest BCUT2D eigenvalue weighted by Crippen LogP contribution is 2.19. The van der Waals surface area contributed by atoms with Gasteiger partial charge in [0.15, 0.2) is 0 Å². The highest BCUT2D eigenvalue weighted by molar-refractivity contribution is 7.15. The monoisotopic (exact) mass is 410 g/mol. The summed E-state index contributed by atoms with van der Waals surface area (Å²) >= 11 is 1.35. The molecule has 0 atom stereocenters. The molecule has 2 N–H and O–H groups in total. The zero-order valence-corrected chi connectivity index (χ0v) is 16.9. The average Bonchev–Trinajstić information content (AvgIpc) is 3.19. The largest absolute Gasteiger partial charge is 0.494 e. The smallest absolute Gasteiger partial charge is 0.257 e. The van der Waals surface area contributed by atoms with Crippen LogP contribution >= 0.6 is 11.3 Å². The van der Waals surface area contributed by atoms with Crippen LogP contribution in [0.3, 0.4) is 0 Å². The van der Waals surface area contributed by atoms with Crippen molar-refractivity contribution < 1.29 is 14.3 Å². The van der Waals surface area contributed by atoms with E-state index in [2.05, 4.69) is 20.8 Å². The Kier molecular flexibility index (Phi) is 7.29. The van der Waals surface area contributed by atoms with Crippen LogP contribution in [-0.2, 0) is 11.2 Å². The predicted molar refractivity (Wildman–Crippen MR) is 113 cm³/mol. The van der Waals surface area contributed by atoms with Gasteiger partial charge in [-0.25, -0.2) is 0 Å². The molecule has 2 amide bonds. The van der Waals surface area contributed by atoms with Crippen LogP contribution in [0, 0.1) is 0 Å². The molecule has 0 spiro atoms. The lowest BCUT2D eigenvalue weighted by Gasteiger charge is -2.05. The molecule has 0 aliphatic carbocycles. The van der Waals surface area contributed by atoms with E-state index in [1.807, 2.05) is 30.3 Å². The van der Waals surface area contributed by atoms with Gasteiger partial charge in [-0.1, -0.05) is 36.5 Å². The van der Waals surface area contributed by atoms with Crippen molar-refractivity contribution in [2.45, 2.75) is 26.2 Å². The normalized spacial score (nSPS) is 10.4. The molecule has 0 aliphatic rings. The van der Waals surface area contributed by atoms with Gasteiger partial charge in [-0.05, 0) is 42.8 Å². The zero-order valence-electron chi connectivity index (χ0n) is 16.1. The Labute approximate surface area is 173 Å². The summed E-state index contributed by atoms with van der Waals surface area (Å²) in [6.07, 6.45) is 1.94. The van der Waals surface area contributed by atoms with E-state index in [9.17, 15) is 9.59 Å². The summed E-state index contributed by atoms with van der Waals surface area (Å²) in [5.74, 6) is 0.504. The van der Waals surface area contributed by atoms with E-state index in [1.54, 1.807) is 31.2 Å². The third kappa shape index (κ3) is 6.39. The summed E-state index contributed by atoms with van der Waals surface area (Å²) in [5.41, 5.74) is 1.14. The molecule has 1 heterocycles. The number of carbonyl (C=O) groups is 2. The fourth-order valence-corrected chi connectivity index (χ4v) is 3.24. The highest BCUT2D eigenvalue weighted by atomic mass is 32.1. The maximum Gasteiger partial charge on any atom is 0.257 e. The Hall–Kier alpha value is -3.26. The van der Waals surface area contributed by atoms with Crippen LogP contribution in [-0.4, -0.2) is 28.6 Å². The van der Waals surface area contributed by atoms with Crippen LogP contribution in [0.2, 0.25) is 0 Å². The maximum atomic E-state index is 12.4. The van der Waals surface area contributed by atoms with Crippen LogP contribution < -0.4 is 15.4 Å². The quantitative estimate of drug-likeness (QED) is 0.517. The SMILES string of the molecule is CCC(=O)Nc1ccc(C(=O)Nc2nnc(CCCOc3ccccc3)s2)cc1. The van der Waals surface area contributed by atoms with E-state index in [0.717, 1.165) is 23.6 Å². The van der Waals surface area contributed by atoms with Crippen molar-refractivity contribution in [3.8, 4) is 5.75 Å². The number of aromatic nitrogens is 2. The van der Waals surface area contributed by atoms with Gasteiger partial charge in [0.05, 0.1) is 6.61 Å². The number of hydrogen-bond acceptors (Lipinski definition) is 6. The molecule has 8 heteroatoms. The summed E-state index contributed by atoms with van der Waals surface area (Å²) in [4.78, 5) is 23.7. The number of carbonyl (C=O) groups excluding carboxylic acids is 2. The van der Waals surface area contributed by atoms with Crippen LogP contribution in [0.25, 0.3) is 0 Å². The number of nitrogens with zero attached hydrogens (tertiary/aromatic N) is 2. The predicted octanol–water partition coefficient (Wildman–Crippen LogP) is 4.15. The van der Waals surface area contributed by atoms with Crippen molar-refractivity contribution in [3.63, 3.8) is 0 Å². The van der Waals surface area contributed by atoms with Crippen molar-refractivity contribution in [2.24, 2.45) is 0 Å². The number of aryl methyl sites for hydroxylation is 1. The summed E-state index contributed by atoms with van der Waals surface area (Å²) < 4.78 is 5.66. The van der Waals surface area contributed by atoms with E-state index in [4.69, 9.17) is 4.74 Å². The topological polar surface area (TPSA) is 93.2 Å². The van der Waals surface area contributed by atoms with E-state index >= 15 is 0 Å². The Morgan fingerprint density at radius 2 is 1.76 bits per heavy atom. The zero-order chi connectivity index (χ0) is 20.5. The van der Waals surface area contributed by atoms with E-state index in [1.165, 1.54) is 11.3 Å². The molecule has 0 unspecified atom stereocenters.